The number of hydrogen-bond acceptors (Lipinski definition) is 5. The normalized spacial score (nSPS) is 14.8. The van der Waals surface area contributed by atoms with Crippen LogP contribution < -0.4 is 14.8 Å². The van der Waals surface area contributed by atoms with Crippen molar-refractivity contribution in [1.82, 2.24) is 10.3 Å². The number of amides is 1. The zero-order chi connectivity index (χ0) is 18.4. The number of benzene rings is 1. The van der Waals surface area contributed by atoms with Crippen LogP contribution in [0, 0.1) is 5.92 Å². The number of thiazole rings is 1. The van der Waals surface area contributed by atoms with Gasteiger partial charge in [-0.05, 0) is 37.0 Å². The molecule has 0 unspecified atom stereocenters. The average molecular weight is 375 g/mol. The second-order valence-corrected chi connectivity index (χ2v) is 7.56. The van der Waals surface area contributed by atoms with E-state index in [-0.39, 0.29) is 5.91 Å². The SMILES string of the molecule is COc1ccc(-c2nc(CC(=O)NCC3CCCCC3)cs2)cc1OC. The van der Waals surface area contributed by atoms with Crippen LogP contribution in [0.3, 0.4) is 0 Å². The van der Waals surface area contributed by atoms with Gasteiger partial charge in [-0.25, -0.2) is 4.98 Å². The van der Waals surface area contributed by atoms with Crippen molar-refractivity contribution < 1.29 is 14.3 Å². The van der Waals surface area contributed by atoms with Gasteiger partial charge < -0.3 is 14.8 Å². The molecule has 1 amide bonds. The Morgan fingerprint density at radius 1 is 1.19 bits per heavy atom. The molecular formula is C20H26N2O3S. The summed E-state index contributed by atoms with van der Waals surface area (Å²) >= 11 is 1.54. The molecule has 1 aromatic heterocycles. The molecule has 3 rings (SSSR count). The van der Waals surface area contributed by atoms with E-state index in [4.69, 9.17) is 9.47 Å². The van der Waals surface area contributed by atoms with E-state index in [1.165, 1.54) is 43.4 Å². The molecule has 1 heterocycles. The predicted octanol–water partition coefficient (Wildman–Crippen LogP) is 4.07. The fourth-order valence-electron chi connectivity index (χ4n) is 3.37. The monoisotopic (exact) mass is 374 g/mol. The molecule has 0 aliphatic heterocycles. The first kappa shape index (κ1) is 18.7. The van der Waals surface area contributed by atoms with Gasteiger partial charge >= 0.3 is 0 Å². The second kappa shape index (κ2) is 9.03. The molecule has 1 fully saturated rings. The maximum absolute atomic E-state index is 12.2. The zero-order valence-electron chi connectivity index (χ0n) is 15.4. The van der Waals surface area contributed by atoms with E-state index in [9.17, 15) is 4.79 Å². The Balaban J connectivity index is 1.58. The maximum Gasteiger partial charge on any atom is 0.226 e. The number of hydrogen-bond donors (Lipinski definition) is 1. The van der Waals surface area contributed by atoms with E-state index in [1.807, 2.05) is 23.6 Å². The molecular weight excluding hydrogens is 348 g/mol. The molecule has 1 saturated carbocycles. The summed E-state index contributed by atoms with van der Waals surface area (Å²) in [5.41, 5.74) is 1.77. The summed E-state index contributed by atoms with van der Waals surface area (Å²) in [7, 11) is 3.23. The summed E-state index contributed by atoms with van der Waals surface area (Å²) in [6, 6.07) is 5.73. The molecule has 0 radical (unpaired) electrons. The molecule has 140 valence electrons. The van der Waals surface area contributed by atoms with Crippen LogP contribution in [-0.2, 0) is 11.2 Å². The van der Waals surface area contributed by atoms with Gasteiger partial charge in [0, 0.05) is 17.5 Å². The zero-order valence-corrected chi connectivity index (χ0v) is 16.2. The first-order valence-electron chi connectivity index (χ1n) is 9.13. The van der Waals surface area contributed by atoms with Gasteiger partial charge in [0.15, 0.2) is 11.5 Å². The van der Waals surface area contributed by atoms with Crippen LogP contribution in [0.1, 0.15) is 37.8 Å². The Labute approximate surface area is 158 Å². The summed E-state index contributed by atoms with van der Waals surface area (Å²) in [6.45, 7) is 0.797. The van der Waals surface area contributed by atoms with Gasteiger partial charge in [-0.1, -0.05) is 19.3 Å². The molecule has 26 heavy (non-hydrogen) atoms. The number of nitrogens with zero attached hydrogens (tertiary/aromatic N) is 1. The molecule has 0 atom stereocenters. The minimum absolute atomic E-state index is 0.0553. The number of ether oxygens (including phenoxy) is 2. The predicted molar refractivity (Wildman–Crippen MR) is 104 cm³/mol. The van der Waals surface area contributed by atoms with E-state index in [1.54, 1.807) is 14.2 Å². The summed E-state index contributed by atoms with van der Waals surface area (Å²) in [5, 5.41) is 5.90. The Hall–Kier alpha value is -2.08. The van der Waals surface area contributed by atoms with E-state index in [2.05, 4.69) is 10.3 Å². The number of methoxy groups -OCH3 is 2. The third-order valence-electron chi connectivity index (χ3n) is 4.84. The van der Waals surface area contributed by atoms with Crippen LogP contribution in [0.2, 0.25) is 0 Å². The second-order valence-electron chi connectivity index (χ2n) is 6.70. The van der Waals surface area contributed by atoms with E-state index < -0.39 is 0 Å². The Kier molecular flexibility index (Phi) is 6.50. The van der Waals surface area contributed by atoms with Gasteiger partial charge in [0.25, 0.3) is 0 Å². The fourth-order valence-corrected chi connectivity index (χ4v) is 4.18. The van der Waals surface area contributed by atoms with Crippen molar-refractivity contribution in [3.05, 3.63) is 29.3 Å². The van der Waals surface area contributed by atoms with E-state index in [0.717, 1.165) is 22.8 Å². The number of carbonyl (C=O) groups is 1. The highest BCUT2D eigenvalue weighted by atomic mass is 32.1. The maximum atomic E-state index is 12.2. The number of carbonyl (C=O) groups excluding carboxylic acids is 1. The van der Waals surface area contributed by atoms with Crippen LogP contribution >= 0.6 is 11.3 Å². The molecule has 0 bridgehead atoms. The highest BCUT2D eigenvalue weighted by Crippen LogP contribution is 2.33. The van der Waals surface area contributed by atoms with Gasteiger partial charge in [0.1, 0.15) is 5.01 Å². The Morgan fingerprint density at radius 2 is 1.96 bits per heavy atom. The van der Waals surface area contributed by atoms with Gasteiger partial charge in [-0.15, -0.1) is 11.3 Å². The molecule has 1 aliphatic carbocycles. The summed E-state index contributed by atoms with van der Waals surface area (Å²) in [5.74, 6) is 2.06. The quantitative estimate of drug-likeness (QED) is 0.794. The number of nitrogens with one attached hydrogen (secondary N) is 1. The van der Waals surface area contributed by atoms with E-state index >= 15 is 0 Å². The van der Waals surface area contributed by atoms with Crippen LogP contribution in [0.5, 0.6) is 11.5 Å². The van der Waals surface area contributed by atoms with Gasteiger partial charge in [-0.2, -0.15) is 0 Å². The fraction of sp³-hybridized carbons (Fsp3) is 0.500. The van der Waals surface area contributed by atoms with Crippen molar-refractivity contribution in [1.29, 1.82) is 0 Å². The van der Waals surface area contributed by atoms with Gasteiger partial charge in [0.2, 0.25) is 5.91 Å². The minimum Gasteiger partial charge on any atom is -0.493 e. The van der Waals surface area contributed by atoms with Crippen LogP contribution in [-0.4, -0.2) is 31.7 Å². The van der Waals surface area contributed by atoms with Crippen molar-refractivity contribution in [2.45, 2.75) is 38.5 Å². The third-order valence-corrected chi connectivity index (χ3v) is 5.78. The van der Waals surface area contributed by atoms with E-state index in [0.29, 0.717) is 23.8 Å². The molecule has 2 aromatic rings. The molecule has 0 saturated heterocycles. The van der Waals surface area contributed by atoms with Gasteiger partial charge in [0.05, 0.1) is 26.3 Å². The first-order chi connectivity index (χ1) is 12.7. The highest BCUT2D eigenvalue weighted by molar-refractivity contribution is 7.13. The Morgan fingerprint density at radius 3 is 2.69 bits per heavy atom. The van der Waals surface area contributed by atoms with Crippen molar-refractivity contribution in [3.63, 3.8) is 0 Å². The standard InChI is InChI=1S/C20H26N2O3S/c1-24-17-9-8-15(10-18(17)25-2)20-22-16(13-26-20)11-19(23)21-12-14-6-4-3-5-7-14/h8-10,13-14H,3-7,11-12H2,1-2H3,(H,21,23). The summed E-state index contributed by atoms with van der Waals surface area (Å²) < 4.78 is 10.6. The molecule has 1 aromatic carbocycles. The van der Waals surface area contributed by atoms with Crippen molar-refractivity contribution in [3.8, 4) is 22.1 Å². The van der Waals surface area contributed by atoms with Crippen LogP contribution in [0.15, 0.2) is 23.6 Å². The van der Waals surface area contributed by atoms with Crippen LogP contribution in [0.4, 0.5) is 0 Å². The lowest BCUT2D eigenvalue weighted by atomic mass is 9.89. The largest absolute Gasteiger partial charge is 0.493 e. The lowest BCUT2D eigenvalue weighted by molar-refractivity contribution is -0.120. The smallest absolute Gasteiger partial charge is 0.226 e. The first-order valence-corrected chi connectivity index (χ1v) is 10.0. The number of aromatic nitrogens is 1. The molecule has 1 N–H and O–H groups in total. The lowest BCUT2D eigenvalue weighted by Crippen LogP contribution is -2.31. The number of rotatable bonds is 7. The molecule has 0 spiro atoms. The van der Waals surface area contributed by atoms with Crippen LogP contribution in [0.25, 0.3) is 10.6 Å². The van der Waals surface area contributed by atoms with Crippen molar-refractivity contribution in [2.24, 2.45) is 5.92 Å². The minimum atomic E-state index is 0.0553. The third kappa shape index (κ3) is 4.75. The topological polar surface area (TPSA) is 60.5 Å². The summed E-state index contributed by atoms with van der Waals surface area (Å²) in [4.78, 5) is 16.8. The average Bonchev–Trinajstić information content (AvgIpc) is 3.15. The summed E-state index contributed by atoms with van der Waals surface area (Å²) in [6.07, 6.45) is 6.72. The molecule has 5 nitrogen and oxygen atoms in total. The highest BCUT2D eigenvalue weighted by Gasteiger charge is 2.15. The lowest BCUT2D eigenvalue weighted by Gasteiger charge is -2.21. The van der Waals surface area contributed by atoms with Gasteiger partial charge in [-0.3, -0.25) is 4.79 Å². The van der Waals surface area contributed by atoms with Crippen molar-refractivity contribution in [2.75, 3.05) is 20.8 Å². The molecule has 6 heteroatoms. The Bertz CT molecular complexity index is 738. The van der Waals surface area contributed by atoms with Crippen molar-refractivity contribution >= 4 is 17.2 Å². The molecule has 1 aliphatic rings.